The number of anilines is 1. The molecule has 1 aromatic carbocycles. The van der Waals surface area contributed by atoms with Crippen molar-refractivity contribution in [1.29, 1.82) is 0 Å². The minimum Gasteiger partial charge on any atom is -0.380 e. The smallest absolute Gasteiger partial charge is 0.0667 e. The van der Waals surface area contributed by atoms with Crippen LogP contribution in [-0.2, 0) is 10.5 Å². The van der Waals surface area contributed by atoms with Crippen LogP contribution in [0, 0.1) is 0 Å². The Kier molecular flexibility index (Phi) is 4.55. The fraction of sp³-hybridized carbons (Fsp3) is 0.538. The second-order valence-electron chi connectivity index (χ2n) is 4.19. The Labute approximate surface area is 102 Å². The number of hydrogen-bond donors (Lipinski definition) is 1. The van der Waals surface area contributed by atoms with Crippen LogP contribution in [0.15, 0.2) is 24.3 Å². The van der Waals surface area contributed by atoms with Crippen LogP contribution in [0.5, 0.6) is 0 Å². The number of hydrogen-bond acceptors (Lipinski definition) is 3. The van der Waals surface area contributed by atoms with E-state index in [1.165, 1.54) is 24.1 Å². The molecule has 1 N–H and O–H groups in total. The van der Waals surface area contributed by atoms with E-state index in [4.69, 9.17) is 4.74 Å². The van der Waals surface area contributed by atoms with Crippen molar-refractivity contribution < 1.29 is 4.74 Å². The van der Waals surface area contributed by atoms with Gasteiger partial charge in [-0.2, -0.15) is 11.8 Å². The molecule has 2 nitrogen and oxygen atoms in total. The van der Waals surface area contributed by atoms with E-state index in [2.05, 4.69) is 35.8 Å². The predicted molar refractivity (Wildman–Crippen MR) is 71.1 cm³/mol. The quantitative estimate of drug-likeness (QED) is 0.869. The summed E-state index contributed by atoms with van der Waals surface area (Å²) in [5, 5.41) is 3.55. The van der Waals surface area contributed by atoms with Crippen molar-refractivity contribution in [2.45, 2.75) is 24.6 Å². The first-order valence-corrected chi connectivity index (χ1v) is 7.20. The third kappa shape index (κ3) is 3.42. The van der Waals surface area contributed by atoms with E-state index in [9.17, 15) is 0 Å². The third-order valence-corrected chi connectivity index (χ3v) is 3.39. The molecule has 1 aliphatic rings. The van der Waals surface area contributed by atoms with E-state index in [-0.39, 0.29) is 0 Å². The van der Waals surface area contributed by atoms with Crippen LogP contribution in [0.1, 0.15) is 18.4 Å². The van der Waals surface area contributed by atoms with Crippen LogP contribution in [0.2, 0.25) is 0 Å². The molecule has 1 heterocycles. The van der Waals surface area contributed by atoms with Gasteiger partial charge in [0.1, 0.15) is 0 Å². The molecule has 2 rings (SSSR count). The van der Waals surface area contributed by atoms with Gasteiger partial charge in [-0.05, 0) is 36.8 Å². The molecule has 0 amide bonds. The fourth-order valence-corrected chi connectivity index (χ4v) is 2.52. The molecular weight excluding hydrogens is 218 g/mol. The van der Waals surface area contributed by atoms with Crippen molar-refractivity contribution in [3.05, 3.63) is 29.8 Å². The first-order valence-electron chi connectivity index (χ1n) is 5.80. The molecule has 1 aliphatic heterocycles. The van der Waals surface area contributed by atoms with E-state index in [0.29, 0.717) is 6.04 Å². The van der Waals surface area contributed by atoms with Gasteiger partial charge in [0.25, 0.3) is 0 Å². The molecule has 0 spiro atoms. The first-order chi connectivity index (χ1) is 7.88. The minimum absolute atomic E-state index is 0.485. The zero-order valence-electron chi connectivity index (χ0n) is 9.74. The molecule has 0 saturated carbocycles. The second-order valence-corrected chi connectivity index (χ2v) is 5.06. The highest BCUT2D eigenvalue weighted by Gasteiger charge is 2.13. The SMILES string of the molecule is CSCc1cccc(NC2CCCOC2)c1. The summed E-state index contributed by atoms with van der Waals surface area (Å²) in [5.74, 6) is 1.08. The highest BCUT2D eigenvalue weighted by atomic mass is 32.2. The lowest BCUT2D eigenvalue weighted by Gasteiger charge is -2.24. The molecule has 1 aromatic rings. The van der Waals surface area contributed by atoms with Gasteiger partial charge in [0.2, 0.25) is 0 Å². The van der Waals surface area contributed by atoms with Crippen molar-refractivity contribution >= 4 is 17.4 Å². The standard InChI is InChI=1S/C13H19NOS/c1-16-10-11-4-2-5-12(8-11)14-13-6-3-7-15-9-13/h2,4-5,8,13-14H,3,6-7,9-10H2,1H3. The molecule has 88 valence electrons. The predicted octanol–water partition coefficient (Wildman–Crippen LogP) is 3.14. The Balaban J connectivity index is 1.94. The number of rotatable bonds is 4. The maximum atomic E-state index is 5.47. The average Bonchev–Trinajstić information content (AvgIpc) is 2.31. The molecule has 1 fully saturated rings. The molecule has 0 radical (unpaired) electrons. The van der Waals surface area contributed by atoms with Crippen LogP contribution in [0.25, 0.3) is 0 Å². The minimum atomic E-state index is 0.485. The molecule has 0 aromatic heterocycles. The second kappa shape index (κ2) is 6.16. The lowest BCUT2D eigenvalue weighted by atomic mass is 10.1. The summed E-state index contributed by atoms with van der Waals surface area (Å²) in [6, 6.07) is 9.17. The van der Waals surface area contributed by atoms with Crippen molar-refractivity contribution in [2.75, 3.05) is 24.8 Å². The maximum absolute atomic E-state index is 5.47. The number of ether oxygens (including phenoxy) is 1. The summed E-state index contributed by atoms with van der Waals surface area (Å²) in [5.41, 5.74) is 2.61. The van der Waals surface area contributed by atoms with Gasteiger partial charge in [0.15, 0.2) is 0 Å². The molecule has 0 bridgehead atoms. The largest absolute Gasteiger partial charge is 0.380 e. The summed E-state index contributed by atoms with van der Waals surface area (Å²) in [7, 11) is 0. The first kappa shape index (κ1) is 11.8. The Morgan fingerprint density at radius 1 is 1.50 bits per heavy atom. The molecule has 3 heteroatoms. The highest BCUT2D eigenvalue weighted by molar-refractivity contribution is 7.97. The summed E-state index contributed by atoms with van der Waals surface area (Å²) in [6.45, 7) is 1.76. The monoisotopic (exact) mass is 237 g/mol. The van der Waals surface area contributed by atoms with Gasteiger partial charge in [-0.1, -0.05) is 12.1 Å². The number of nitrogens with one attached hydrogen (secondary N) is 1. The Morgan fingerprint density at radius 2 is 2.44 bits per heavy atom. The highest BCUT2D eigenvalue weighted by Crippen LogP contribution is 2.18. The van der Waals surface area contributed by atoms with E-state index in [0.717, 1.165) is 19.0 Å². The maximum Gasteiger partial charge on any atom is 0.0667 e. The molecular formula is C13H19NOS. The fourth-order valence-electron chi connectivity index (χ4n) is 2.01. The van der Waals surface area contributed by atoms with E-state index in [1.807, 2.05) is 11.8 Å². The Bertz CT molecular complexity index is 323. The zero-order valence-corrected chi connectivity index (χ0v) is 10.6. The zero-order chi connectivity index (χ0) is 11.2. The normalized spacial score (nSPS) is 20.7. The Morgan fingerprint density at radius 3 is 3.19 bits per heavy atom. The topological polar surface area (TPSA) is 21.3 Å². The lowest BCUT2D eigenvalue weighted by Crippen LogP contribution is -2.29. The molecule has 0 aliphatic carbocycles. The molecule has 16 heavy (non-hydrogen) atoms. The average molecular weight is 237 g/mol. The Hall–Kier alpha value is -0.670. The lowest BCUT2D eigenvalue weighted by molar-refractivity contribution is 0.0876. The van der Waals surface area contributed by atoms with E-state index in [1.54, 1.807) is 0 Å². The van der Waals surface area contributed by atoms with Gasteiger partial charge in [-0.3, -0.25) is 0 Å². The van der Waals surface area contributed by atoms with Gasteiger partial charge in [0.05, 0.1) is 6.61 Å². The molecule has 1 atom stereocenters. The number of thioether (sulfide) groups is 1. The van der Waals surface area contributed by atoms with Crippen molar-refractivity contribution in [2.24, 2.45) is 0 Å². The van der Waals surface area contributed by atoms with Gasteiger partial charge in [-0.15, -0.1) is 0 Å². The molecule has 1 unspecified atom stereocenters. The summed E-state index contributed by atoms with van der Waals surface area (Å²) >= 11 is 1.86. The molecule has 1 saturated heterocycles. The van der Waals surface area contributed by atoms with Crippen molar-refractivity contribution in [3.63, 3.8) is 0 Å². The van der Waals surface area contributed by atoms with Gasteiger partial charge >= 0.3 is 0 Å². The van der Waals surface area contributed by atoms with E-state index < -0.39 is 0 Å². The summed E-state index contributed by atoms with van der Waals surface area (Å²) < 4.78 is 5.47. The summed E-state index contributed by atoms with van der Waals surface area (Å²) in [6.07, 6.45) is 4.52. The van der Waals surface area contributed by atoms with Gasteiger partial charge in [-0.25, -0.2) is 0 Å². The van der Waals surface area contributed by atoms with Crippen LogP contribution in [-0.4, -0.2) is 25.5 Å². The van der Waals surface area contributed by atoms with Crippen LogP contribution in [0.4, 0.5) is 5.69 Å². The van der Waals surface area contributed by atoms with E-state index >= 15 is 0 Å². The van der Waals surface area contributed by atoms with Gasteiger partial charge in [0, 0.05) is 24.1 Å². The van der Waals surface area contributed by atoms with Crippen LogP contribution >= 0.6 is 11.8 Å². The number of benzene rings is 1. The van der Waals surface area contributed by atoms with Crippen LogP contribution < -0.4 is 5.32 Å². The summed E-state index contributed by atoms with van der Waals surface area (Å²) in [4.78, 5) is 0. The third-order valence-electron chi connectivity index (χ3n) is 2.77. The van der Waals surface area contributed by atoms with Crippen LogP contribution in [0.3, 0.4) is 0 Å². The van der Waals surface area contributed by atoms with Gasteiger partial charge < -0.3 is 10.1 Å². The van der Waals surface area contributed by atoms with Crippen molar-refractivity contribution in [1.82, 2.24) is 0 Å². The van der Waals surface area contributed by atoms with Crippen molar-refractivity contribution in [3.8, 4) is 0 Å².